The van der Waals surface area contributed by atoms with Crippen molar-refractivity contribution in [1.82, 2.24) is 10.2 Å². The molecular formula is C28H24N4O5S. The van der Waals surface area contributed by atoms with Gasteiger partial charge in [-0.1, -0.05) is 47.7 Å². The van der Waals surface area contributed by atoms with Crippen molar-refractivity contribution in [3.63, 3.8) is 0 Å². The van der Waals surface area contributed by atoms with Crippen molar-refractivity contribution in [2.75, 3.05) is 32.8 Å². The zero-order chi connectivity index (χ0) is 26.7. The van der Waals surface area contributed by atoms with E-state index in [-0.39, 0.29) is 12.2 Å². The number of anilines is 1. The number of nitrogens with zero attached hydrogens (tertiary/aromatic N) is 3. The van der Waals surface area contributed by atoms with Gasteiger partial charge < -0.3 is 18.9 Å². The van der Waals surface area contributed by atoms with Gasteiger partial charge >= 0.3 is 0 Å². The maximum Gasteiger partial charge on any atom is 0.268 e. The van der Waals surface area contributed by atoms with Crippen molar-refractivity contribution in [1.29, 1.82) is 5.26 Å². The van der Waals surface area contributed by atoms with E-state index in [1.165, 1.54) is 24.5 Å². The zero-order valence-electron chi connectivity index (χ0n) is 20.7. The summed E-state index contributed by atoms with van der Waals surface area (Å²) in [7, 11) is 3.12. The summed E-state index contributed by atoms with van der Waals surface area (Å²) in [4.78, 5) is 12.7. The van der Waals surface area contributed by atoms with Crippen molar-refractivity contribution in [3.05, 3.63) is 83.9 Å². The number of carbonyl (C=O) groups excluding carboxylic acids is 1. The number of ether oxygens (including phenoxy) is 4. The number of carbonyl (C=O) groups is 1. The lowest BCUT2D eigenvalue weighted by Crippen LogP contribution is -2.13. The Morgan fingerprint density at radius 3 is 2.37 bits per heavy atom. The first-order chi connectivity index (χ1) is 18.6. The third-order valence-electron chi connectivity index (χ3n) is 5.20. The van der Waals surface area contributed by atoms with Crippen LogP contribution in [0.15, 0.2) is 78.4 Å². The van der Waals surface area contributed by atoms with Gasteiger partial charge in [-0.2, -0.15) is 5.26 Å². The Hall–Kier alpha value is -4.88. The van der Waals surface area contributed by atoms with Crippen LogP contribution < -0.4 is 24.3 Å². The Kier molecular flexibility index (Phi) is 8.89. The highest BCUT2D eigenvalue weighted by atomic mass is 32.1. The fourth-order valence-electron chi connectivity index (χ4n) is 3.33. The van der Waals surface area contributed by atoms with E-state index < -0.39 is 5.91 Å². The molecule has 0 saturated heterocycles. The molecule has 0 aliphatic rings. The summed E-state index contributed by atoms with van der Waals surface area (Å²) in [5.74, 6) is 1.83. The SMILES string of the molecule is COc1ccc(OCCOc2ccc(C=C(C#N)C(=O)Nc3nnc(-c4ccccc4)s3)cc2OC)cc1. The van der Waals surface area contributed by atoms with Crippen LogP contribution in [0.2, 0.25) is 0 Å². The maximum absolute atomic E-state index is 12.7. The first kappa shape index (κ1) is 26.2. The fourth-order valence-corrected chi connectivity index (χ4v) is 4.07. The Bertz CT molecular complexity index is 1450. The number of nitrogens with one attached hydrogen (secondary N) is 1. The van der Waals surface area contributed by atoms with Crippen LogP contribution in [0.1, 0.15) is 5.56 Å². The van der Waals surface area contributed by atoms with Crippen molar-refractivity contribution in [2.45, 2.75) is 0 Å². The Morgan fingerprint density at radius 1 is 0.921 bits per heavy atom. The van der Waals surface area contributed by atoms with Gasteiger partial charge in [0.05, 0.1) is 14.2 Å². The van der Waals surface area contributed by atoms with Gasteiger partial charge in [0.25, 0.3) is 5.91 Å². The second-order valence-corrected chi connectivity index (χ2v) is 8.66. The average molecular weight is 529 g/mol. The second-order valence-electron chi connectivity index (χ2n) is 7.69. The Balaban J connectivity index is 1.36. The molecule has 1 amide bonds. The lowest BCUT2D eigenvalue weighted by molar-refractivity contribution is -0.112. The van der Waals surface area contributed by atoms with Crippen molar-refractivity contribution < 1.29 is 23.7 Å². The molecule has 0 fully saturated rings. The highest BCUT2D eigenvalue weighted by Crippen LogP contribution is 2.30. The van der Waals surface area contributed by atoms with Crippen molar-refractivity contribution in [2.24, 2.45) is 0 Å². The molecule has 0 atom stereocenters. The average Bonchev–Trinajstić information content (AvgIpc) is 3.43. The topological polar surface area (TPSA) is 116 Å². The molecule has 0 radical (unpaired) electrons. The number of amides is 1. The highest BCUT2D eigenvalue weighted by Gasteiger charge is 2.14. The molecular weight excluding hydrogens is 504 g/mol. The minimum atomic E-state index is -0.585. The molecule has 0 bridgehead atoms. The molecule has 1 N–H and O–H groups in total. The van der Waals surface area contributed by atoms with Crippen LogP contribution in [0.25, 0.3) is 16.6 Å². The van der Waals surface area contributed by atoms with Gasteiger partial charge in [-0.05, 0) is 48.0 Å². The van der Waals surface area contributed by atoms with E-state index in [1.54, 1.807) is 25.3 Å². The maximum atomic E-state index is 12.7. The van der Waals surface area contributed by atoms with E-state index in [4.69, 9.17) is 18.9 Å². The molecule has 0 unspecified atom stereocenters. The molecule has 1 aromatic heterocycles. The van der Waals surface area contributed by atoms with Gasteiger partial charge in [0, 0.05) is 5.56 Å². The van der Waals surface area contributed by atoms with Crippen molar-refractivity contribution >= 4 is 28.5 Å². The van der Waals surface area contributed by atoms with Crippen molar-refractivity contribution in [3.8, 4) is 39.6 Å². The number of hydrogen-bond acceptors (Lipinski definition) is 9. The number of aromatic nitrogens is 2. The number of nitriles is 1. The van der Waals surface area contributed by atoms with Gasteiger partial charge in [-0.3, -0.25) is 10.1 Å². The molecule has 0 aliphatic carbocycles. The number of methoxy groups -OCH3 is 2. The zero-order valence-corrected chi connectivity index (χ0v) is 21.5. The predicted molar refractivity (Wildman–Crippen MR) is 145 cm³/mol. The van der Waals surface area contributed by atoms with E-state index in [1.807, 2.05) is 60.7 Å². The Morgan fingerprint density at radius 2 is 1.66 bits per heavy atom. The normalized spacial score (nSPS) is 10.8. The molecule has 4 rings (SSSR count). The summed E-state index contributed by atoms with van der Waals surface area (Å²) in [5, 5.41) is 21.3. The van der Waals surface area contributed by atoms with Crippen LogP contribution in [0.3, 0.4) is 0 Å². The minimum Gasteiger partial charge on any atom is -0.497 e. The molecule has 0 spiro atoms. The van der Waals surface area contributed by atoms with Gasteiger partial charge in [0.15, 0.2) is 11.5 Å². The summed E-state index contributed by atoms with van der Waals surface area (Å²) >= 11 is 1.22. The van der Waals surface area contributed by atoms with E-state index in [9.17, 15) is 10.1 Å². The predicted octanol–water partition coefficient (Wildman–Crippen LogP) is 5.23. The summed E-state index contributed by atoms with van der Waals surface area (Å²) in [6.07, 6.45) is 1.47. The minimum absolute atomic E-state index is 0.0925. The third kappa shape index (κ3) is 6.87. The van der Waals surface area contributed by atoms with Crippen LogP contribution in [-0.4, -0.2) is 43.5 Å². The molecule has 0 aliphatic heterocycles. The fraction of sp³-hybridized carbons (Fsp3) is 0.143. The van der Waals surface area contributed by atoms with Gasteiger partial charge in [0.1, 0.15) is 41.4 Å². The standard InChI is InChI=1S/C28H24N4O5S/c1-34-22-9-11-23(12-10-22)36-14-15-37-24-13-8-19(17-25(24)35-2)16-21(18-29)26(33)30-28-32-31-27(38-28)20-6-4-3-5-7-20/h3-13,16-17H,14-15H2,1-2H3,(H,30,32,33). The number of hydrogen-bond donors (Lipinski definition) is 1. The summed E-state index contributed by atoms with van der Waals surface area (Å²) in [5.41, 5.74) is 1.39. The van der Waals surface area contributed by atoms with Crippen LogP contribution in [0.5, 0.6) is 23.0 Å². The second kappa shape index (κ2) is 12.9. The van der Waals surface area contributed by atoms with E-state index in [2.05, 4.69) is 15.5 Å². The van der Waals surface area contributed by atoms with Gasteiger partial charge in [0.2, 0.25) is 5.13 Å². The van der Waals surface area contributed by atoms with Crippen LogP contribution in [0, 0.1) is 11.3 Å². The third-order valence-corrected chi connectivity index (χ3v) is 6.09. The molecule has 38 heavy (non-hydrogen) atoms. The molecule has 192 valence electrons. The molecule has 9 nitrogen and oxygen atoms in total. The Labute approximate surface area is 223 Å². The quantitative estimate of drug-likeness (QED) is 0.160. The van der Waals surface area contributed by atoms with Crippen LogP contribution in [0.4, 0.5) is 5.13 Å². The molecule has 4 aromatic rings. The van der Waals surface area contributed by atoms with Gasteiger partial charge in [-0.15, -0.1) is 10.2 Å². The summed E-state index contributed by atoms with van der Waals surface area (Å²) in [6.45, 7) is 0.615. The molecule has 10 heteroatoms. The first-order valence-electron chi connectivity index (χ1n) is 11.5. The van der Waals surface area contributed by atoms with Crippen LogP contribution >= 0.6 is 11.3 Å². The smallest absolute Gasteiger partial charge is 0.268 e. The van der Waals surface area contributed by atoms with E-state index in [0.29, 0.717) is 39.6 Å². The monoisotopic (exact) mass is 528 g/mol. The number of benzene rings is 3. The lowest BCUT2D eigenvalue weighted by Gasteiger charge is -2.12. The molecule has 3 aromatic carbocycles. The van der Waals surface area contributed by atoms with E-state index >= 15 is 0 Å². The van der Waals surface area contributed by atoms with Crippen LogP contribution in [-0.2, 0) is 4.79 Å². The highest BCUT2D eigenvalue weighted by molar-refractivity contribution is 7.18. The lowest BCUT2D eigenvalue weighted by atomic mass is 10.1. The summed E-state index contributed by atoms with van der Waals surface area (Å²) in [6, 6.07) is 23.8. The number of rotatable bonds is 11. The first-order valence-corrected chi connectivity index (χ1v) is 12.3. The van der Waals surface area contributed by atoms with Gasteiger partial charge in [-0.25, -0.2) is 0 Å². The molecule has 1 heterocycles. The summed E-state index contributed by atoms with van der Waals surface area (Å²) < 4.78 is 22.0. The largest absolute Gasteiger partial charge is 0.497 e. The van der Waals surface area contributed by atoms with E-state index in [0.717, 1.165) is 11.3 Å². The molecule has 0 saturated carbocycles.